The molecule has 3 rings (SSSR count). The van der Waals surface area contributed by atoms with Gasteiger partial charge in [0.25, 0.3) is 5.89 Å². The zero-order valence-electron chi connectivity index (χ0n) is 12.3. The number of nitriles is 1. The first-order valence-corrected chi connectivity index (χ1v) is 6.87. The van der Waals surface area contributed by atoms with Gasteiger partial charge in [0.15, 0.2) is 6.61 Å². The van der Waals surface area contributed by atoms with Gasteiger partial charge in [-0.25, -0.2) is 4.39 Å². The van der Waals surface area contributed by atoms with E-state index in [-0.39, 0.29) is 23.8 Å². The van der Waals surface area contributed by atoms with E-state index in [2.05, 4.69) is 10.2 Å². The maximum absolute atomic E-state index is 13.5. The Morgan fingerprint density at radius 3 is 2.65 bits per heavy atom. The van der Waals surface area contributed by atoms with Crippen molar-refractivity contribution < 1.29 is 13.5 Å². The summed E-state index contributed by atoms with van der Waals surface area (Å²) in [7, 11) is 0. The third kappa shape index (κ3) is 3.35. The van der Waals surface area contributed by atoms with Crippen LogP contribution in [-0.2, 0) is 6.61 Å². The highest BCUT2D eigenvalue weighted by molar-refractivity contribution is 5.52. The third-order valence-corrected chi connectivity index (χ3v) is 3.19. The number of hydrogen-bond acceptors (Lipinski definition) is 5. The molecule has 0 spiro atoms. The van der Waals surface area contributed by atoms with Crippen molar-refractivity contribution >= 4 is 0 Å². The predicted octanol–water partition coefficient (Wildman–Crippen LogP) is 3.63. The van der Waals surface area contributed by atoms with Crippen molar-refractivity contribution in [2.75, 3.05) is 0 Å². The van der Waals surface area contributed by atoms with Crippen LogP contribution in [0.25, 0.3) is 11.5 Å². The predicted molar refractivity (Wildman–Crippen MR) is 79.9 cm³/mol. The molecule has 3 aromatic rings. The Morgan fingerprint density at radius 1 is 1.17 bits per heavy atom. The Hall–Kier alpha value is -3.20. The molecule has 114 valence electrons. The van der Waals surface area contributed by atoms with Crippen molar-refractivity contribution in [3.63, 3.8) is 0 Å². The fourth-order valence-electron chi connectivity index (χ4n) is 1.95. The van der Waals surface area contributed by atoms with Gasteiger partial charge in [0.2, 0.25) is 5.89 Å². The molecule has 23 heavy (non-hydrogen) atoms. The van der Waals surface area contributed by atoms with Crippen molar-refractivity contribution in [3.05, 3.63) is 65.3 Å². The van der Waals surface area contributed by atoms with Crippen LogP contribution < -0.4 is 4.74 Å². The first-order valence-electron chi connectivity index (χ1n) is 6.87. The average molecular weight is 309 g/mol. The van der Waals surface area contributed by atoms with E-state index in [9.17, 15) is 4.39 Å². The highest BCUT2D eigenvalue weighted by Gasteiger charge is 2.10. The number of aromatic nitrogens is 2. The van der Waals surface area contributed by atoms with Crippen LogP contribution in [-0.4, -0.2) is 10.2 Å². The molecule has 0 saturated carbocycles. The van der Waals surface area contributed by atoms with Gasteiger partial charge in [-0.15, -0.1) is 10.2 Å². The Bertz CT molecular complexity index is 866. The normalized spacial score (nSPS) is 10.3. The van der Waals surface area contributed by atoms with E-state index in [1.54, 1.807) is 6.07 Å². The first kappa shape index (κ1) is 14.7. The Morgan fingerprint density at radius 2 is 1.96 bits per heavy atom. The number of benzene rings is 2. The third-order valence-electron chi connectivity index (χ3n) is 3.19. The minimum Gasteiger partial charge on any atom is -0.484 e. The molecule has 5 nitrogen and oxygen atoms in total. The molecule has 0 fully saturated rings. The Labute approximate surface area is 132 Å². The molecule has 0 aliphatic rings. The van der Waals surface area contributed by atoms with Crippen LogP contribution in [0.1, 0.15) is 17.0 Å². The molecule has 0 bridgehead atoms. The number of nitrogens with zero attached hydrogens (tertiary/aromatic N) is 3. The summed E-state index contributed by atoms with van der Waals surface area (Å²) in [6.45, 7) is 2.01. The number of halogens is 1. The van der Waals surface area contributed by atoms with E-state index in [1.165, 1.54) is 12.1 Å². The molecule has 0 unspecified atom stereocenters. The summed E-state index contributed by atoms with van der Waals surface area (Å²) in [5.74, 6) is 0.340. The van der Waals surface area contributed by atoms with Crippen LogP contribution in [0.3, 0.4) is 0 Å². The largest absolute Gasteiger partial charge is 0.484 e. The number of ether oxygens (including phenoxy) is 1. The lowest BCUT2D eigenvalue weighted by molar-refractivity contribution is 0.263. The maximum Gasteiger partial charge on any atom is 0.254 e. The fourth-order valence-corrected chi connectivity index (χ4v) is 1.95. The summed E-state index contributed by atoms with van der Waals surface area (Å²) in [5.41, 5.74) is 1.93. The zero-order chi connectivity index (χ0) is 16.2. The number of aryl methyl sites for hydroxylation is 1. The molecule has 6 heteroatoms. The SMILES string of the molecule is Cc1ccc(-c2nnc(COc3ccc(C#N)c(F)c3)o2)cc1. The second kappa shape index (κ2) is 6.28. The smallest absolute Gasteiger partial charge is 0.254 e. The Balaban J connectivity index is 1.69. The fraction of sp³-hybridized carbons (Fsp3) is 0.118. The molecular formula is C17H12FN3O2. The Kier molecular flexibility index (Phi) is 4.02. The van der Waals surface area contributed by atoms with Gasteiger partial charge in [0.1, 0.15) is 17.6 Å². The van der Waals surface area contributed by atoms with Crippen LogP contribution in [0.4, 0.5) is 4.39 Å². The summed E-state index contributed by atoms with van der Waals surface area (Å²) < 4.78 is 24.4. The van der Waals surface area contributed by atoms with Crippen LogP contribution in [0.15, 0.2) is 46.9 Å². The van der Waals surface area contributed by atoms with Crippen molar-refractivity contribution in [2.45, 2.75) is 13.5 Å². The molecule has 1 heterocycles. The van der Waals surface area contributed by atoms with Crippen LogP contribution in [0.5, 0.6) is 5.75 Å². The number of rotatable bonds is 4. The van der Waals surface area contributed by atoms with Gasteiger partial charge >= 0.3 is 0 Å². The molecule has 0 amide bonds. The molecule has 0 aliphatic heterocycles. The monoisotopic (exact) mass is 309 g/mol. The lowest BCUT2D eigenvalue weighted by atomic mass is 10.1. The van der Waals surface area contributed by atoms with Crippen LogP contribution in [0, 0.1) is 24.1 Å². The van der Waals surface area contributed by atoms with Crippen LogP contribution >= 0.6 is 0 Å². The summed E-state index contributed by atoms with van der Waals surface area (Å²) in [6.07, 6.45) is 0. The minimum absolute atomic E-state index is 0.0181. The summed E-state index contributed by atoms with van der Waals surface area (Å²) >= 11 is 0. The molecule has 2 aromatic carbocycles. The van der Waals surface area contributed by atoms with Crippen LogP contribution in [0.2, 0.25) is 0 Å². The van der Waals surface area contributed by atoms with E-state index >= 15 is 0 Å². The average Bonchev–Trinajstić information content (AvgIpc) is 3.03. The van der Waals surface area contributed by atoms with E-state index < -0.39 is 5.82 Å². The second-order valence-corrected chi connectivity index (χ2v) is 4.91. The lowest BCUT2D eigenvalue weighted by Gasteiger charge is -2.03. The number of hydrogen-bond donors (Lipinski definition) is 0. The molecule has 0 aliphatic carbocycles. The summed E-state index contributed by atoms with van der Waals surface area (Å²) in [5, 5.41) is 16.5. The van der Waals surface area contributed by atoms with Gasteiger partial charge in [-0.1, -0.05) is 17.7 Å². The van der Waals surface area contributed by atoms with Crippen molar-refractivity contribution in [1.29, 1.82) is 5.26 Å². The molecule has 0 N–H and O–H groups in total. The van der Waals surface area contributed by atoms with Gasteiger partial charge in [-0.05, 0) is 31.2 Å². The standard InChI is InChI=1S/C17H12FN3O2/c1-11-2-4-12(5-3-11)17-21-20-16(23-17)10-22-14-7-6-13(9-19)15(18)8-14/h2-8H,10H2,1H3. The van der Waals surface area contributed by atoms with E-state index in [4.69, 9.17) is 14.4 Å². The highest BCUT2D eigenvalue weighted by Crippen LogP contribution is 2.20. The first-order chi connectivity index (χ1) is 11.2. The molecule has 1 aromatic heterocycles. The minimum atomic E-state index is -0.629. The van der Waals surface area contributed by atoms with Gasteiger partial charge in [0, 0.05) is 11.6 Å². The van der Waals surface area contributed by atoms with E-state index in [1.807, 2.05) is 31.2 Å². The molecule has 0 atom stereocenters. The van der Waals surface area contributed by atoms with Gasteiger partial charge in [-0.2, -0.15) is 5.26 Å². The molecule has 0 radical (unpaired) electrons. The summed E-state index contributed by atoms with van der Waals surface area (Å²) in [4.78, 5) is 0. The molecule has 0 saturated heterocycles. The van der Waals surface area contributed by atoms with Gasteiger partial charge in [-0.3, -0.25) is 0 Å². The van der Waals surface area contributed by atoms with E-state index in [0.717, 1.165) is 17.2 Å². The van der Waals surface area contributed by atoms with Crippen molar-refractivity contribution in [3.8, 4) is 23.3 Å². The summed E-state index contributed by atoms with van der Waals surface area (Å²) in [6, 6.07) is 13.5. The molecular weight excluding hydrogens is 297 g/mol. The highest BCUT2D eigenvalue weighted by atomic mass is 19.1. The zero-order valence-corrected chi connectivity index (χ0v) is 12.3. The second-order valence-electron chi connectivity index (χ2n) is 4.91. The lowest BCUT2D eigenvalue weighted by Crippen LogP contribution is -1.96. The maximum atomic E-state index is 13.5. The van der Waals surface area contributed by atoms with E-state index in [0.29, 0.717) is 5.89 Å². The van der Waals surface area contributed by atoms with Crippen molar-refractivity contribution in [2.24, 2.45) is 0 Å². The van der Waals surface area contributed by atoms with Gasteiger partial charge < -0.3 is 9.15 Å². The van der Waals surface area contributed by atoms with Crippen molar-refractivity contribution in [1.82, 2.24) is 10.2 Å². The quantitative estimate of drug-likeness (QED) is 0.736. The van der Waals surface area contributed by atoms with Gasteiger partial charge in [0.05, 0.1) is 5.56 Å². The topological polar surface area (TPSA) is 71.9 Å².